The van der Waals surface area contributed by atoms with Crippen LogP contribution in [0.4, 0.5) is 4.79 Å². The molecule has 2 rings (SSSR count). The number of nitrogens with one attached hydrogen (secondary N) is 2. The Morgan fingerprint density at radius 3 is 2.95 bits per heavy atom. The first-order valence-corrected chi connectivity index (χ1v) is 8.43. The molecule has 2 heterocycles. The van der Waals surface area contributed by atoms with Crippen molar-refractivity contribution < 1.29 is 13.2 Å². The van der Waals surface area contributed by atoms with Crippen molar-refractivity contribution in [2.45, 2.75) is 19.4 Å². The van der Waals surface area contributed by atoms with Crippen LogP contribution in [0.3, 0.4) is 0 Å². The van der Waals surface area contributed by atoms with Gasteiger partial charge in [0.25, 0.3) is 0 Å². The third-order valence-electron chi connectivity index (χ3n) is 3.41. The van der Waals surface area contributed by atoms with E-state index in [9.17, 15) is 13.2 Å². The van der Waals surface area contributed by atoms with Crippen molar-refractivity contribution in [3.05, 3.63) is 30.1 Å². The number of hydrogen-bond acceptors (Lipinski definition) is 4. The highest BCUT2D eigenvalue weighted by atomic mass is 32.2. The Morgan fingerprint density at radius 2 is 2.35 bits per heavy atom. The Hall–Kier alpha value is -1.63. The number of nitrogens with zero attached hydrogens (tertiary/aromatic N) is 1. The third-order valence-corrected chi connectivity index (χ3v) is 5.25. The standard InChI is InChI=1S/C13H19N3O3S/c1-10(12-3-2-5-14-8-12)16-13(17)15-7-11-4-6-20(18,19)9-11/h2-3,5,8,10-11H,4,6-7,9H2,1H3,(H2,15,16,17)/t10-,11-/m0/s1. The molecule has 110 valence electrons. The zero-order chi connectivity index (χ0) is 14.6. The predicted octanol–water partition coefficient (Wildman–Crippen LogP) is 0.876. The summed E-state index contributed by atoms with van der Waals surface area (Å²) in [6.45, 7) is 2.27. The Morgan fingerprint density at radius 1 is 1.55 bits per heavy atom. The molecule has 1 aliphatic heterocycles. The molecule has 0 saturated carbocycles. The van der Waals surface area contributed by atoms with Crippen LogP contribution >= 0.6 is 0 Å². The Labute approximate surface area is 118 Å². The number of aromatic nitrogens is 1. The molecule has 0 aromatic carbocycles. The maximum atomic E-state index is 11.8. The van der Waals surface area contributed by atoms with E-state index in [1.54, 1.807) is 12.4 Å². The number of carbonyl (C=O) groups excluding carboxylic acids is 1. The third kappa shape index (κ3) is 4.19. The van der Waals surface area contributed by atoms with Gasteiger partial charge in [-0.05, 0) is 30.9 Å². The molecule has 20 heavy (non-hydrogen) atoms. The van der Waals surface area contributed by atoms with Crippen molar-refractivity contribution in [1.82, 2.24) is 15.6 Å². The summed E-state index contributed by atoms with van der Waals surface area (Å²) in [7, 11) is -2.89. The normalized spacial score (nSPS) is 22.1. The first-order chi connectivity index (χ1) is 9.46. The second-order valence-electron chi connectivity index (χ2n) is 5.13. The lowest BCUT2D eigenvalue weighted by molar-refractivity contribution is 0.236. The molecule has 1 aromatic rings. The van der Waals surface area contributed by atoms with Gasteiger partial charge in [0, 0.05) is 18.9 Å². The lowest BCUT2D eigenvalue weighted by Gasteiger charge is -2.16. The molecule has 2 atom stereocenters. The quantitative estimate of drug-likeness (QED) is 0.863. The maximum absolute atomic E-state index is 11.8. The first kappa shape index (κ1) is 14.8. The van der Waals surface area contributed by atoms with E-state index in [1.807, 2.05) is 19.1 Å². The highest BCUT2D eigenvalue weighted by Crippen LogP contribution is 2.17. The van der Waals surface area contributed by atoms with Gasteiger partial charge < -0.3 is 10.6 Å². The zero-order valence-electron chi connectivity index (χ0n) is 11.4. The molecule has 1 saturated heterocycles. The van der Waals surface area contributed by atoms with E-state index in [0.29, 0.717) is 13.0 Å². The monoisotopic (exact) mass is 297 g/mol. The Balaban J connectivity index is 1.76. The molecular weight excluding hydrogens is 278 g/mol. The summed E-state index contributed by atoms with van der Waals surface area (Å²) in [6.07, 6.45) is 4.01. The number of carbonyl (C=O) groups is 1. The summed E-state index contributed by atoms with van der Waals surface area (Å²) in [5.74, 6) is 0.429. The van der Waals surface area contributed by atoms with E-state index in [-0.39, 0.29) is 29.5 Å². The average molecular weight is 297 g/mol. The van der Waals surface area contributed by atoms with Gasteiger partial charge in [0.1, 0.15) is 0 Å². The Kier molecular flexibility index (Phi) is 4.59. The van der Waals surface area contributed by atoms with Crippen LogP contribution in [0.1, 0.15) is 24.9 Å². The van der Waals surface area contributed by atoms with Crippen LogP contribution in [-0.4, -0.2) is 37.5 Å². The second kappa shape index (κ2) is 6.21. The number of pyridine rings is 1. The highest BCUT2D eigenvalue weighted by molar-refractivity contribution is 7.91. The fourth-order valence-electron chi connectivity index (χ4n) is 2.23. The fraction of sp³-hybridized carbons (Fsp3) is 0.538. The SMILES string of the molecule is C[C@H](NC(=O)NC[C@@H]1CCS(=O)(=O)C1)c1cccnc1. The highest BCUT2D eigenvalue weighted by Gasteiger charge is 2.27. The van der Waals surface area contributed by atoms with E-state index in [4.69, 9.17) is 0 Å². The molecule has 0 spiro atoms. The number of hydrogen-bond donors (Lipinski definition) is 2. The van der Waals surface area contributed by atoms with Crippen molar-refractivity contribution in [3.8, 4) is 0 Å². The van der Waals surface area contributed by atoms with Crippen LogP contribution in [0, 0.1) is 5.92 Å². The van der Waals surface area contributed by atoms with Crippen molar-refractivity contribution in [2.75, 3.05) is 18.1 Å². The summed E-state index contributed by atoms with van der Waals surface area (Å²) in [6, 6.07) is 3.28. The smallest absolute Gasteiger partial charge is 0.315 e. The first-order valence-electron chi connectivity index (χ1n) is 6.61. The van der Waals surface area contributed by atoms with Gasteiger partial charge in [-0.25, -0.2) is 13.2 Å². The summed E-state index contributed by atoms with van der Waals surface area (Å²) in [5, 5.41) is 5.53. The summed E-state index contributed by atoms with van der Waals surface area (Å²) in [5.41, 5.74) is 0.922. The topological polar surface area (TPSA) is 88.2 Å². The van der Waals surface area contributed by atoms with Crippen molar-refractivity contribution in [1.29, 1.82) is 0 Å². The average Bonchev–Trinajstić information content (AvgIpc) is 2.77. The number of urea groups is 1. The van der Waals surface area contributed by atoms with Crippen LogP contribution in [0.15, 0.2) is 24.5 Å². The van der Waals surface area contributed by atoms with Gasteiger partial charge >= 0.3 is 6.03 Å². The summed E-state index contributed by atoms with van der Waals surface area (Å²) >= 11 is 0. The second-order valence-corrected chi connectivity index (χ2v) is 7.36. The largest absolute Gasteiger partial charge is 0.338 e. The van der Waals surface area contributed by atoms with Crippen molar-refractivity contribution >= 4 is 15.9 Å². The molecule has 7 heteroatoms. The molecule has 1 aliphatic rings. The molecule has 0 radical (unpaired) electrons. The molecule has 0 unspecified atom stereocenters. The van der Waals surface area contributed by atoms with Gasteiger partial charge in [-0.3, -0.25) is 4.98 Å². The zero-order valence-corrected chi connectivity index (χ0v) is 12.2. The summed E-state index contributed by atoms with van der Waals surface area (Å²) < 4.78 is 22.6. The predicted molar refractivity (Wildman–Crippen MR) is 75.9 cm³/mol. The Bertz CT molecular complexity index is 559. The van der Waals surface area contributed by atoms with E-state index < -0.39 is 9.84 Å². The van der Waals surface area contributed by atoms with E-state index >= 15 is 0 Å². The van der Waals surface area contributed by atoms with Crippen molar-refractivity contribution in [3.63, 3.8) is 0 Å². The molecule has 2 amide bonds. The van der Waals surface area contributed by atoms with Gasteiger partial charge in [0.05, 0.1) is 17.5 Å². The minimum atomic E-state index is -2.89. The van der Waals surface area contributed by atoms with Gasteiger partial charge in [0.2, 0.25) is 0 Å². The molecule has 1 fully saturated rings. The fourth-order valence-corrected chi connectivity index (χ4v) is 4.10. The molecule has 6 nitrogen and oxygen atoms in total. The number of rotatable bonds is 4. The van der Waals surface area contributed by atoms with Crippen LogP contribution < -0.4 is 10.6 Å². The van der Waals surface area contributed by atoms with Crippen LogP contribution in [-0.2, 0) is 9.84 Å². The summed E-state index contributed by atoms with van der Waals surface area (Å²) in [4.78, 5) is 15.8. The van der Waals surface area contributed by atoms with Crippen LogP contribution in [0.5, 0.6) is 0 Å². The lowest BCUT2D eigenvalue weighted by Crippen LogP contribution is -2.39. The van der Waals surface area contributed by atoms with Crippen LogP contribution in [0.25, 0.3) is 0 Å². The number of amides is 2. The van der Waals surface area contributed by atoms with Gasteiger partial charge in [0.15, 0.2) is 9.84 Å². The molecule has 0 aliphatic carbocycles. The van der Waals surface area contributed by atoms with Gasteiger partial charge in [-0.2, -0.15) is 0 Å². The maximum Gasteiger partial charge on any atom is 0.315 e. The van der Waals surface area contributed by atoms with Crippen molar-refractivity contribution in [2.24, 2.45) is 5.92 Å². The minimum absolute atomic E-state index is 0.0273. The van der Waals surface area contributed by atoms with E-state index in [2.05, 4.69) is 15.6 Å². The molecular formula is C13H19N3O3S. The number of sulfone groups is 1. The molecule has 0 bridgehead atoms. The van der Waals surface area contributed by atoms with Crippen LogP contribution in [0.2, 0.25) is 0 Å². The van der Waals surface area contributed by atoms with E-state index in [1.165, 1.54) is 0 Å². The molecule has 2 N–H and O–H groups in total. The lowest BCUT2D eigenvalue weighted by atomic mass is 10.1. The van der Waals surface area contributed by atoms with Gasteiger partial charge in [-0.15, -0.1) is 0 Å². The van der Waals surface area contributed by atoms with Gasteiger partial charge in [-0.1, -0.05) is 6.07 Å². The molecule has 1 aromatic heterocycles. The minimum Gasteiger partial charge on any atom is -0.338 e. The van der Waals surface area contributed by atoms with E-state index in [0.717, 1.165) is 5.56 Å².